The molecular formula is C31H33NO6. The molecule has 0 spiro atoms. The third kappa shape index (κ3) is 5.52. The van der Waals surface area contributed by atoms with Gasteiger partial charge in [-0.25, -0.2) is 0 Å². The number of hydrogen-bond donors (Lipinski definition) is 1. The quantitative estimate of drug-likeness (QED) is 0.243. The van der Waals surface area contributed by atoms with Crippen LogP contribution >= 0.6 is 0 Å². The van der Waals surface area contributed by atoms with Gasteiger partial charge in [-0.2, -0.15) is 0 Å². The van der Waals surface area contributed by atoms with Crippen LogP contribution in [0.3, 0.4) is 0 Å². The zero-order valence-electron chi connectivity index (χ0n) is 22.6. The smallest absolute Gasteiger partial charge is 0.295 e. The molecule has 1 saturated heterocycles. The third-order valence-electron chi connectivity index (χ3n) is 6.26. The molecule has 3 aromatic rings. The van der Waals surface area contributed by atoms with Crippen molar-refractivity contribution < 1.29 is 28.9 Å². The molecule has 1 unspecified atom stereocenters. The Kier molecular flexibility index (Phi) is 7.49. The Morgan fingerprint density at radius 1 is 0.921 bits per heavy atom. The van der Waals surface area contributed by atoms with Crippen LogP contribution in [0.4, 0.5) is 0 Å². The average Bonchev–Trinajstić information content (AvgIpc) is 3.13. The van der Waals surface area contributed by atoms with Crippen molar-refractivity contribution in [2.24, 2.45) is 0 Å². The van der Waals surface area contributed by atoms with Crippen molar-refractivity contribution in [1.82, 2.24) is 4.90 Å². The number of rotatable bonds is 7. The van der Waals surface area contributed by atoms with Crippen molar-refractivity contribution >= 4 is 17.4 Å². The number of ether oxygens (including phenoxy) is 3. The van der Waals surface area contributed by atoms with E-state index in [4.69, 9.17) is 14.2 Å². The molecule has 1 aliphatic rings. The van der Waals surface area contributed by atoms with Gasteiger partial charge in [0.15, 0.2) is 11.5 Å². The first-order chi connectivity index (χ1) is 18.0. The van der Waals surface area contributed by atoms with Gasteiger partial charge in [-0.3, -0.25) is 9.59 Å². The second-order valence-corrected chi connectivity index (χ2v) is 10.3. The first kappa shape index (κ1) is 26.8. The number of methoxy groups -OCH3 is 2. The number of aliphatic hydroxyl groups excluding tert-OH is 1. The van der Waals surface area contributed by atoms with E-state index in [-0.39, 0.29) is 23.5 Å². The molecule has 38 heavy (non-hydrogen) atoms. The van der Waals surface area contributed by atoms with Crippen molar-refractivity contribution in [3.8, 4) is 17.2 Å². The highest BCUT2D eigenvalue weighted by Crippen LogP contribution is 2.41. The molecule has 0 radical (unpaired) electrons. The topological polar surface area (TPSA) is 85.3 Å². The number of carbonyl (C=O) groups excluding carboxylic acids is 2. The molecule has 4 rings (SSSR count). The lowest BCUT2D eigenvalue weighted by Gasteiger charge is -2.26. The molecule has 1 heterocycles. The predicted octanol–water partition coefficient (Wildman–Crippen LogP) is 5.81. The molecule has 7 nitrogen and oxygen atoms in total. The van der Waals surface area contributed by atoms with Crippen molar-refractivity contribution in [1.29, 1.82) is 0 Å². The lowest BCUT2D eigenvalue weighted by Crippen LogP contribution is -2.29. The first-order valence-corrected chi connectivity index (χ1v) is 12.4. The number of Topliss-reactive ketones (excluding diaryl/α,β-unsaturated/α-hetero) is 1. The molecule has 0 aromatic heterocycles. The molecule has 0 aliphatic carbocycles. The van der Waals surface area contributed by atoms with E-state index in [0.717, 1.165) is 16.7 Å². The predicted molar refractivity (Wildman–Crippen MR) is 145 cm³/mol. The Labute approximate surface area is 223 Å². The summed E-state index contributed by atoms with van der Waals surface area (Å²) in [6.07, 6.45) is 0. The van der Waals surface area contributed by atoms with Crippen molar-refractivity contribution in [3.05, 3.63) is 94.6 Å². The molecule has 0 bridgehead atoms. The Balaban J connectivity index is 1.78. The number of nitrogens with zero attached hydrogens (tertiary/aromatic N) is 1. The Morgan fingerprint density at radius 2 is 1.61 bits per heavy atom. The summed E-state index contributed by atoms with van der Waals surface area (Å²) in [6.45, 7) is 8.04. The summed E-state index contributed by atoms with van der Waals surface area (Å²) in [5, 5.41) is 11.4. The number of ketones is 1. The maximum absolute atomic E-state index is 13.4. The summed E-state index contributed by atoms with van der Waals surface area (Å²) in [5.41, 5.74) is 2.58. The standard InChI is InChI=1S/C31H33NO6/c1-19-8-7-9-21(16-19)27-26(28(33)22-12-15-24(36-5)25(17-22)37-6)29(34)30(35)32(27)18-20-10-13-23(14-11-20)38-31(2,3)4/h7-17,27,33H,18H2,1-6H3/b28-26-. The maximum atomic E-state index is 13.4. The minimum atomic E-state index is -0.770. The van der Waals surface area contributed by atoms with Crippen LogP contribution in [0, 0.1) is 6.92 Å². The number of benzene rings is 3. The van der Waals surface area contributed by atoms with Gasteiger partial charge in [-0.15, -0.1) is 0 Å². The minimum Gasteiger partial charge on any atom is -0.507 e. The highest BCUT2D eigenvalue weighted by Gasteiger charge is 2.46. The van der Waals surface area contributed by atoms with Crippen molar-refractivity contribution in [2.45, 2.75) is 45.9 Å². The first-order valence-electron chi connectivity index (χ1n) is 12.4. The maximum Gasteiger partial charge on any atom is 0.295 e. The molecule has 198 valence electrons. The molecular weight excluding hydrogens is 482 g/mol. The molecule has 0 saturated carbocycles. The number of likely N-dealkylation sites (tertiary alicyclic amines) is 1. The van der Waals surface area contributed by atoms with Gasteiger partial charge in [0.25, 0.3) is 11.7 Å². The summed E-state index contributed by atoms with van der Waals surface area (Å²) in [6, 6.07) is 19.1. The summed E-state index contributed by atoms with van der Waals surface area (Å²) < 4.78 is 16.6. The van der Waals surface area contributed by atoms with Crippen LogP contribution in [-0.2, 0) is 16.1 Å². The SMILES string of the molecule is COc1ccc(/C(O)=C2/C(=O)C(=O)N(Cc3ccc(OC(C)(C)C)cc3)C2c2cccc(C)c2)cc1OC. The van der Waals surface area contributed by atoms with E-state index in [2.05, 4.69) is 0 Å². The van der Waals surface area contributed by atoms with Gasteiger partial charge < -0.3 is 24.2 Å². The highest BCUT2D eigenvalue weighted by atomic mass is 16.5. The number of carbonyl (C=O) groups is 2. The number of hydrogen-bond acceptors (Lipinski definition) is 6. The zero-order chi connectivity index (χ0) is 27.6. The lowest BCUT2D eigenvalue weighted by molar-refractivity contribution is -0.140. The Hall–Kier alpha value is -4.26. The Morgan fingerprint density at radius 3 is 2.21 bits per heavy atom. The van der Waals surface area contributed by atoms with Crippen LogP contribution in [-0.4, -0.2) is 41.5 Å². The summed E-state index contributed by atoms with van der Waals surface area (Å²) >= 11 is 0. The van der Waals surface area contributed by atoms with Crippen LogP contribution in [0.1, 0.15) is 49.1 Å². The van der Waals surface area contributed by atoms with E-state index in [9.17, 15) is 14.7 Å². The largest absolute Gasteiger partial charge is 0.507 e. The van der Waals surface area contributed by atoms with E-state index in [1.165, 1.54) is 19.1 Å². The fraction of sp³-hybridized carbons (Fsp3) is 0.290. The monoisotopic (exact) mass is 515 g/mol. The molecule has 1 amide bonds. The summed E-state index contributed by atoms with van der Waals surface area (Å²) in [7, 11) is 3.01. The van der Waals surface area contributed by atoms with Crippen LogP contribution in [0.25, 0.3) is 5.76 Å². The number of aliphatic hydroxyl groups is 1. The van der Waals surface area contributed by atoms with Crippen LogP contribution < -0.4 is 14.2 Å². The number of aryl methyl sites for hydroxylation is 1. The van der Waals surface area contributed by atoms with Gasteiger partial charge in [-0.05, 0) is 69.2 Å². The van der Waals surface area contributed by atoms with E-state index in [0.29, 0.717) is 22.8 Å². The molecule has 1 atom stereocenters. The van der Waals surface area contributed by atoms with E-state index in [1.807, 2.05) is 76.2 Å². The second kappa shape index (κ2) is 10.6. The van der Waals surface area contributed by atoms with E-state index in [1.54, 1.807) is 18.2 Å². The molecule has 1 fully saturated rings. The van der Waals surface area contributed by atoms with Crippen molar-refractivity contribution in [3.63, 3.8) is 0 Å². The highest BCUT2D eigenvalue weighted by molar-refractivity contribution is 6.46. The second-order valence-electron chi connectivity index (χ2n) is 10.3. The van der Waals surface area contributed by atoms with Crippen LogP contribution in [0.15, 0.2) is 72.3 Å². The van der Waals surface area contributed by atoms with Gasteiger partial charge in [-0.1, -0.05) is 42.0 Å². The summed E-state index contributed by atoms with van der Waals surface area (Å²) in [4.78, 5) is 28.3. The van der Waals surface area contributed by atoms with Crippen LogP contribution in [0.5, 0.6) is 17.2 Å². The normalized spacial score (nSPS) is 17.0. The fourth-order valence-corrected chi connectivity index (χ4v) is 4.58. The van der Waals surface area contributed by atoms with Crippen molar-refractivity contribution in [2.75, 3.05) is 14.2 Å². The zero-order valence-corrected chi connectivity index (χ0v) is 22.6. The van der Waals surface area contributed by atoms with Gasteiger partial charge in [0, 0.05) is 12.1 Å². The van der Waals surface area contributed by atoms with E-state index < -0.39 is 17.7 Å². The van der Waals surface area contributed by atoms with Gasteiger partial charge in [0.2, 0.25) is 0 Å². The molecule has 7 heteroatoms. The fourth-order valence-electron chi connectivity index (χ4n) is 4.58. The van der Waals surface area contributed by atoms with Gasteiger partial charge >= 0.3 is 0 Å². The minimum absolute atomic E-state index is 0.0282. The van der Waals surface area contributed by atoms with Crippen LogP contribution in [0.2, 0.25) is 0 Å². The third-order valence-corrected chi connectivity index (χ3v) is 6.26. The Bertz CT molecular complexity index is 1380. The molecule has 1 N–H and O–H groups in total. The van der Waals surface area contributed by atoms with Gasteiger partial charge in [0.05, 0.1) is 25.8 Å². The number of amides is 1. The summed E-state index contributed by atoms with van der Waals surface area (Å²) in [5.74, 6) is -0.0849. The lowest BCUT2D eigenvalue weighted by atomic mass is 9.94. The van der Waals surface area contributed by atoms with Gasteiger partial charge in [0.1, 0.15) is 17.1 Å². The molecule has 1 aliphatic heterocycles. The van der Waals surface area contributed by atoms with E-state index >= 15 is 0 Å². The molecule has 3 aromatic carbocycles. The average molecular weight is 516 g/mol.